The maximum absolute atomic E-state index is 13.1. The number of H-pyrrole nitrogens is 1. The highest BCUT2D eigenvalue weighted by atomic mass is 35.5. The van der Waals surface area contributed by atoms with Gasteiger partial charge in [0.1, 0.15) is 5.82 Å². The fourth-order valence-corrected chi connectivity index (χ4v) is 1.27. The maximum Gasteiger partial charge on any atom is 0.251 e. The van der Waals surface area contributed by atoms with Crippen molar-refractivity contribution in [3.8, 4) is 0 Å². The van der Waals surface area contributed by atoms with E-state index < -0.39 is 11.7 Å². The van der Waals surface area contributed by atoms with Crippen LogP contribution in [0.15, 0.2) is 18.2 Å². The predicted molar refractivity (Wildman–Crippen MR) is 56.8 cm³/mol. The zero-order chi connectivity index (χ0) is 12.3. The molecule has 1 aromatic heterocycles. The number of hydrogen-bond acceptors (Lipinski definition) is 4. The third-order valence-electron chi connectivity index (χ3n) is 1.98. The van der Waals surface area contributed by atoms with Gasteiger partial charge >= 0.3 is 0 Å². The topological polar surface area (TPSA) is 83.6 Å². The van der Waals surface area contributed by atoms with Crippen molar-refractivity contribution in [1.29, 1.82) is 0 Å². The van der Waals surface area contributed by atoms with E-state index >= 15 is 0 Å². The van der Waals surface area contributed by atoms with Crippen LogP contribution in [0.25, 0.3) is 0 Å². The Hall–Kier alpha value is -2.02. The number of nitrogens with one attached hydrogen (secondary N) is 2. The van der Waals surface area contributed by atoms with Crippen LogP contribution in [0.3, 0.4) is 0 Å². The second kappa shape index (κ2) is 4.88. The molecule has 8 heteroatoms. The molecule has 17 heavy (non-hydrogen) atoms. The molecular weight excluding hydrogens is 249 g/mol. The summed E-state index contributed by atoms with van der Waals surface area (Å²) in [4.78, 5) is 11.6. The Labute approximate surface area is 100 Å². The van der Waals surface area contributed by atoms with Gasteiger partial charge in [-0.3, -0.25) is 4.79 Å². The Kier molecular flexibility index (Phi) is 3.29. The Morgan fingerprint density at radius 3 is 3.00 bits per heavy atom. The number of tetrazole rings is 1. The number of aromatic nitrogens is 4. The first-order chi connectivity index (χ1) is 8.16. The van der Waals surface area contributed by atoms with Gasteiger partial charge in [-0.1, -0.05) is 16.8 Å². The van der Waals surface area contributed by atoms with E-state index in [0.717, 1.165) is 6.07 Å². The maximum atomic E-state index is 13.1. The van der Waals surface area contributed by atoms with E-state index in [9.17, 15) is 9.18 Å². The minimum Gasteiger partial charge on any atom is -0.345 e. The van der Waals surface area contributed by atoms with Gasteiger partial charge in [-0.25, -0.2) is 4.39 Å². The largest absolute Gasteiger partial charge is 0.345 e. The number of aromatic amines is 1. The van der Waals surface area contributed by atoms with Crippen LogP contribution in [0, 0.1) is 5.82 Å². The van der Waals surface area contributed by atoms with Crippen molar-refractivity contribution >= 4 is 17.5 Å². The molecule has 0 saturated heterocycles. The molecule has 0 unspecified atom stereocenters. The molecule has 0 aliphatic carbocycles. The summed E-state index contributed by atoms with van der Waals surface area (Å²) in [6, 6.07) is 3.81. The van der Waals surface area contributed by atoms with Crippen molar-refractivity contribution < 1.29 is 9.18 Å². The van der Waals surface area contributed by atoms with Crippen LogP contribution in [0.1, 0.15) is 16.2 Å². The number of carbonyl (C=O) groups is 1. The summed E-state index contributed by atoms with van der Waals surface area (Å²) in [5.41, 5.74) is 0.176. The normalized spacial score (nSPS) is 10.2. The highest BCUT2D eigenvalue weighted by Crippen LogP contribution is 2.15. The van der Waals surface area contributed by atoms with Crippen molar-refractivity contribution in [2.24, 2.45) is 0 Å². The summed E-state index contributed by atoms with van der Waals surface area (Å²) in [5.74, 6) is -0.739. The van der Waals surface area contributed by atoms with E-state index in [1.54, 1.807) is 0 Å². The molecule has 1 amide bonds. The van der Waals surface area contributed by atoms with Crippen LogP contribution in [0.2, 0.25) is 5.02 Å². The number of amides is 1. The number of benzene rings is 1. The first-order valence-electron chi connectivity index (χ1n) is 4.62. The molecule has 1 aromatic carbocycles. The fraction of sp³-hybridized carbons (Fsp3) is 0.111. The molecule has 0 bridgehead atoms. The summed E-state index contributed by atoms with van der Waals surface area (Å²) < 4.78 is 13.1. The molecule has 1 heterocycles. The van der Waals surface area contributed by atoms with E-state index in [4.69, 9.17) is 11.6 Å². The lowest BCUT2D eigenvalue weighted by Crippen LogP contribution is -2.23. The Morgan fingerprint density at radius 2 is 2.35 bits per heavy atom. The van der Waals surface area contributed by atoms with E-state index in [0.29, 0.717) is 5.82 Å². The van der Waals surface area contributed by atoms with Gasteiger partial charge in [-0.05, 0) is 18.2 Å². The molecule has 0 radical (unpaired) electrons. The molecule has 6 nitrogen and oxygen atoms in total. The molecule has 0 spiro atoms. The molecule has 2 aromatic rings. The molecule has 0 aliphatic heterocycles. The summed E-state index contributed by atoms with van der Waals surface area (Å²) in [6.45, 7) is 0.111. The average Bonchev–Trinajstić information content (AvgIpc) is 2.82. The van der Waals surface area contributed by atoms with Crippen LogP contribution >= 0.6 is 11.6 Å². The lowest BCUT2D eigenvalue weighted by Gasteiger charge is -2.03. The summed E-state index contributed by atoms with van der Waals surface area (Å²) in [7, 11) is 0. The molecule has 0 saturated carbocycles. The monoisotopic (exact) mass is 255 g/mol. The SMILES string of the molecule is O=C(NCc1nn[nH]n1)c1ccc(Cl)c(F)c1. The smallest absolute Gasteiger partial charge is 0.251 e. The highest BCUT2D eigenvalue weighted by molar-refractivity contribution is 6.30. The summed E-state index contributed by atoms with van der Waals surface area (Å²) in [6.07, 6.45) is 0. The Bertz CT molecular complexity index is 530. The van der Waals surface area contributed by atoms with Crippen molar-refractivity contribution in [3.05, 3.63) is 40.4 Å². The van der Waals surface area contributed by atoms with Gasteiger partial charge in [0.25, 0.3) is 5.91 Å². The lowest BCUT2D eigenvalue weighted by atomic mass is 10.2. The van der Waals surface area contributed by atoms with Crippen LogP contribution in [-0.4, -0.2) is 26.5 Å². The number of rotatable bonds is 3. The van der Waals surface area contributed by atoms with Crippen LogP contribution in [-0.2, 0) is 6.54 Å². The van der Waals surface area contributed by atoms with Gasteiger partial charge in [0.05, 0.1) is 11.6 Å². The molecule has 2 N–H and O–H groups in total. The van der Waals surface area contributed by atoms with E-state index in [1.165, 1.54) is 12.1 Å². The number of carbonyl (C=O) groups excluding carboxylic acids is 1. The summed E-state index contributed by atoms with van der Waals surface area (Å²) in [5, 5.41) is 15.4. The highest BCUT2D eigenvalue weighted by Gasteiger charge is 2.09. The van der Waals surface area contributed by atoms with Crippen LogP contribution < -0.4 is 5.32 Å². The van der Waals surface area contributed by atoms with Gasteiger partial charge in [-0.15, -0.1) is 10.2 Å². The van der Waals surface area contributed by atoms with E-state index in [2.05, 4.69) is 25.9 Å². The molecule has 0 aliphatic rings. The average molecular weight is 256 g/mol. The van der Waals surface area contributed by atoms with E-state index in [-0.39, 0.29) is 17.1 Å². The van der Waals surface area contributed by atoms with Gasteiger partial charge in [0, 0.05) is 5.56 Å². The first kappa shape index (κ1) is 11.5. The molecule has 2 rings (SSSR count). The minimum absolute atomic E-state index is 0.0280. The van der Waals surface area contributed by atoms with Crippen molar-refractivity contribution in [2.45, 2.75) is 6.54 Å². The summed E-state index contributed by atoms with van der Waals surface area (Å²) >= 11 is 5.50. The third kappa shape index (κ3) is 2.76. The van der Waals surface area contributed by atoms with Crippen LogP contribution in [0.5, 0.6) is 0 Å². The first-order valence-corrected chi connectivity index (χ1v) is 5.00. The van der Waals surface area contributed by atoms with Gasteiger partial charge in [0.2, 0.25) is 0 Å². The Morgan fingerprint density at radius 1 is 1.53 bits per heavy atom. The lowest BCUT2D eigenvalue weighted by molar-refractivity contribution is 0.0949. The number of halogens is 2. The second-order valence-corrected chi connectivity index (χ2v) is 3.55. The molecule has 0 fully saturated rings. The Balaban J connectivity index is 2.02. The quantitative estimate of drug-likeness (QED) is 0.854. The van der Waals surface area contributed by atoms with E-state index in [1.807, 2.05) is 0 Å². The van der Waals surface area contributed by atoms with Gasteiger partial charge in [-0.2, -0.15) is 5.21 Å². The zero-order valence-electron chi connectivity index (χ0n) is 8.44. The molecular formula is C9H7ClFN5O. The van der Waals surface area contributed by atoms with Crippen molar-refractivity contribution in [2.75, 3.05) is 0 Å². The number of nitrogens with zero attached hydrogens (tertiary/aromatic N) is 3. The molecule has 0 atom stereocenters. The van der Waals surface area contributed by atoms with Crippen molar-refractivity contribution in [3.63, 3.8) is 0 Å². The van der Waals surface area contributed by atoms with Crippen molar-refractivity contribution in [1.82, 2.24) is 25.9 Å². The molecule has 88 valence electrons. The second-order valence-electron chi connectivity index (χ2n) is 3.14. The zero-order valence-corrected chi connectivity index (χ0v) is 9.20. The van der Waals surface area contributed by atoms with Gasteiger partial charge < -0.3 is 5.32 Å². The van der Waals surface area contributed by atoms with Crippen LogP contribution in [0.4, 0.5) is 4.39 Å². The predicted octanol–water partition coefficient (Wildman–Crippen LogP) is 0.922. The minimum atomic E-state index is -0.640. The third-order valence-corrected chi connectivity index (χ3v) is 2.28. The fourth-order valence-electron chi connectivity index (χ4n) is 1.16. The number of hydrogen-bond donors (Lipinski definition) is 2. The van der Waals surface area contributed by atoms with Gasteiger partial charge in [0.15, 0.2) is 5.82 Å². The standard InChI is InChI=1S/C9H7ClFN5O/c10-6-2-1-5(3-7(6)11)9(17)12-4-8-13-15-16-14-8/h1-3H,4H2,(H,12,17)(H,13,14,15,16).